The summed E-state index contributed by atoms with van der Waals surface area (Å²) in [5, 5.41) is 0. The van der Waals surface area contributed by atoms with Gasteiger partial charge in [0.05, 0.1) is 11.7 Å². The van der Waals surface area contributed by atoms with Crippen LogP contribution in [0.1, 0.15) is 29.2 Å². The number of aryl methyl sites for hydroxylation is 1. The van der Waals surface area contributed by atoms with E-state index in [9.17, 15) is 0 Å². The molecule has 1 unspecified atom stereocenters. The minimum absolute atomic E-state index is 0.420. The summed E-state index contributed by atoms with van der Waals surface area (Å²) in [5.41, 5.74) is 5.71. The highest BCUT2D eigenvalue weighted by Gasteiger charge is 2.28. The van der Waals surface area contributed by atoms with Crippen molar-refractivity contribution < 1.29 is 0 Å². The minimum atomic E-state index is 0.420. The molecule has 0 aromatic heterocycles. The molecule has 0 bridgehead atoms. The molecule has 1 heterocycles. The van der Waals surface area contributed by atoms with Gasteiger partial charge in [0.2, 0.25) is 0 Å². The van der Waals surface area contributed by atoms with Gasteiger partial charge in [0.15, 0.2) is 0 Å². The normalized spacial score (nSPS) is 16.5. The van der Waals surface area contributed by atoms with Crippen molar-refractivity contribution >= 4 is 21.6 Å². The van der Waals surface area contributed by atoms with Crippen LogP contribution in [0.4, 0.5) is 5.69 Å². The number of nitrogens with zero attached hydrogens (tertiary/aromatic N) is 1. The van der Waals surface area contributed by atoms with Crippen molar-refractivity contribution in [3.8, 4) is 0 Å². The largest absolute Gasteiger partial charge is 0.363 e. The van der Waals surface area contributed by atoms with Gasteiger partial charge in [0.25, 0.3) is 0 Å². The fraction of sp³-hybridized carbons (Fsp3) is 0.217. The Labute approximate surface area is 158 Å². The first-order valence-corrected chi connectivity index (χ1v) is 9.75. The van der Waals surface area contributed by atoms with E-state index >= 15 is 0 Å². The van der Waals surface area contributed by atoms with Crippen molar-refractivity contribution in [1.82, 2.24) is 0 Å². The molecule has 0 aliphatic carbocycles. The van der Waals surface area contributed by atoms with Gasteiger partial charge in [-0.15, -0.1) is 0 Å². The summed E-state index contributed by atoms with van der Waals surface area (Å²) in [5.74, 6) is 0. The lowest BCUT2D eigenvalue weighted by atomic mass is 9.88. The standard InChI is InChI=1S/C23H22BrN/c24-21-12-6-7-13-23(21)25-17-16-19-10-4-5-11-20(19)22(25)15-14-18-8-2-1-3-9-18/h1-13,22H,14-17H2. The van der Waals surface area contributed by atoms with Crippen LogP contribution in [0.3, 0.4) is 0 Å². The van der Waals surface area contributed by atoms with Gasteiger partial charge in [-0.05, 0) is 64.0 Å². The van der Waals surface area contributed by atoms with E-state index in [0.717, 1.165) is 25.8 Å². The van der Waals surface area contributed by atoms with Crippen LogP contribution in [0.15, 0.2) is 83.3 Å². The second-order valence-electron chi connectivity index (χ2n) is 6.63. The minimum Gasteiger partial charge on any atom is -0.363 e. The zero-order valence-electron chi connectivity index (χ0n) is 14.2. The average molecular weight is 392 g/mol. The molecule has 3 aromatic rings. The molecular formula is C23H22BrN. The quantitative estimate of drug-likeness (QED) is 0.512. The van der Waals surface area contributed by atoms with Crippen LogP contribution in [0.2, 0.25) is 0 Å². The molecular weight excluding hydrogens is 370 g/mol. The van der Waals surface area contributed by atoms with E-state index < -0.39 is 0 Å². The lowest BCUT2D eigenvalue weighted by molar-refractivity contribution is 0.544. The first kappa shape index (κ1) is 16.4. The van der Waals surface area contributed by atoms with Crippen molar-refractivity contribution in [2.24, 2.45) is 0 Å². The van der Waals surface area contributed by atoms with Gasteiger partial charge in [-0.1, -0.05) is 66.7 Å². The highest BCUT2D eigenvalue weighted by molar-refractivity contribution is 9.10. The summed E-state index contributed by atoms with van der Waals surface area (Å²) in [7, 11) is 0. The van der Waals surface area contributed by atoms with Crippen LogP contribution in [0.25, 0.3) is 0 Å². The number of para-hydroxylation sites is 1. The molecule has 0 saturated carbocycles. The Balaban J connectivity index is 1.67. The molecule has 0 spiro atoms. The monoisotopic (exact) mass is 391 g/mol. The molecule has 0 saturated heterocycles. The molecule has 1 aliphatic rings. The van der Waals surface area contributed by atoms with E-state index in [1.807, 2.05) is 0 Å². The summed E-state index contributed by atoms with van der Waals surface area (Å²) >= 11 is 3.75. The smallest absolute Gasteiger partial charge is 0.0548 e. The van der Waals surface area contributed by atoms with Crippen molar-refractivity contribution in [2.75, 3.05) is 11.4 Å². The maximum absolute atomic E-state index is 3.75. The summed E-state index contributed by atoms with van der Waals surface area (Å²) in [6, 6.07) is 28.8. The first-order valence-electron chi connectivity index (χ1n) is 8.96. The fourth-order valence-electron chi connectivity index (χ4n) is 3.88. The van der Waals surface area contributed by atoms with Gasteiger partial charge in [-0.3, -0.25) is 0 Å². The molecule has 25 heavy (non-hydrogen) atoms. The van der Waals surface area contributed by atoms with E-state index in [1.165, 1.54) is 26.9 Å². The van der Waals surface area contributed by atoms with Crippen LogP contribution >= 0.6 is 15.9 Å². The van der Waals surface area contributed by atoms with Gasteiger partial charge in [-0.2, -0.15) is 0 Å². The maximum Gasteiger partial charge on any atom is 0.0548 e. The number of hydrogen-bond acceptors (Lipinski definition) is 1. The summed E-state index contributed by atoms with van der Waals surface area (Å²) in [4.78, 5) is 2.58. The Hall–Kier alpha value is -2.06. The van der Waals surface area contributed by atoms with Crippen LogP contribution in [0.5, 0.6) is 0 Å². The lowest BCUT2D eigenvalue weighted by Crippen LogP contribution is -2.36. The van der Waals surface area contributed by atoms with Gasteiger partial charge in [-0.25, -0.2) is 0 Å². The highest BCUT2D eigenvalue weighted by atomic mass is 79.9. The zero-order valence-corrected chi connectivity index (χ0v) is 15.8. The second kappa shape index (κ2) is 7.45. The molecule has 0 amide bonds. The van der Waals surface area contributed by atoms with Crippen LogP contribution in [-0.4, -0.2) is 6.54 Å². The Morgan fingerprint density at radius 2 is 1.56 bits per heavy atom. The zero-order chi connectivity index (χ0) is 17.1. The molecule has 2 heteroatoms. The maximum atomic E-state index is 3.75. The number of rotatable bonds is 4. The van der Waals surface area contributed by atoms with E-state index in [0.29, 0.717) is 6.04 Å². The van der Waals surface area contributed by atoms with Gasteiger partial charge in [0.1, 0.15) is 0 Å². The van der Waals surface area contributed by atoms with Crippen LogP contribution < -0.4 is 4.90 Å². The topological polar surface area (TPSA) is 3.24 Å². The number of anilines is 1. The molecule has 0 N–H and O–H groups in total. The molecule has 1 aliphatic heterocycles. The summed E-state index contributed by atoms with van der Waals surface area (Å²) < 4.78 is 1.18. The van der Waals surface area contributed by atoms with E-state index in [1.54, 1.807) is 0 Å². The third-order valence-electron chi connectivity index (χ3n) is 5.12. The highest BCUT2D eigenvalue weighted by Crippen LogP contribution is 2.39. The number of halogens is 1. The Kier molecular flexibility index (Phi) is 4.89. The summed E-state index contributed by atoms with van der Waals surface area (Å²) in [6.07, 6.45) is 3.34. The molecule has 1 nitrogen and oxygen atoms in total. The number of benzene rings is 3. The van der Waals surface area contributed by atoms with Crippen molar-refractivity contribution in [2.45, 2.75) is 25.3 Å². The number of hydrogen-bond donors (Lipinski definition) is 0. The Morgan fingerprint density at radius 1 is 0.840 bits per heavy atom. The van der Waals surface area contributed by atoms with Crippen molar-refractivity contribution in [3.05, 3.63) is 100 Å². The second-order valence-corrected chi connectivity index (χ2v) is 7.49. The van der Waals surface area contributed by atoms with E-state index in [-0.39, 0.29) is 0 Å². The molecule has 1 atom stereocenters. The van der Waals surface area contributed by atoms with E-state index in [4.69, 9.17) is 0 Å². The van der Waals surface area contributed by atoms with Gasteiger partial charge >= 0.3 is 0 Å². The van der Waals surface area contributed by atoms with Crippen molar-refractivity contribution in [3.63, 3.8) is 0 Å². The molecule has 0 fully saturated rings. The Bertz CT molecular complexity index is 843. The SMILES string of the molecule is Brc1ccccc1N1CCc2ccccc2C1CCc1ccccc1. The predicted octanol–water partition coefficient (Wildman–Crippen LogP) is 6.19. The van der Waals surface area contributed by atoms with Crippen LogP contribution in [-0.2, 0) is 12.8 Å². The Morgan fingerprint density at radius 3 is 2.40 bits per heavy atom. The van der Waals surface area contributed by atoms with Gasteiger partial charge < -0.3 is 4.90 Å². The predicted molar refractivity (Wildman–Crippen MR) is 109 cm³/mol. The first-order chi connectivity index (χ1) is 12.3. The third-order valence-corrected chi connectivity index (χ3v) is 5.79. The number of fused-ring (bicyclic) bond motifs is 1. The molecule has 0 radical (unpaired) electrons. The summed E-state index contributed by atoms with van der Waals surface area (Å²) in [6.45, 7) is 1.07. The molecule has 126 valence electrons. The third kappa shape index (κ3) is 3.50. The van der Waals surface area contributed by atoms with Crippen molar-refractivity contribution in [1.29, 1.82) is 0 Å². The molecule has 4 rings (SSSR count). The van der Waals surface area contributed by atoms with Crippen LogP contribution in [0, 0.1) is 0 Å². The lowest BCUT2D eigenvalue weighted by Gasteiger charge is -2.40. The fourth-order valence-corrected chi connectivity index (χ4v) is 4.40. The van der Waals surface area contributed by atoms with E-state index in [2.05, 4.69) is 99.7 Å². The average Bonchev–Trinajstić information content (AvgIpc) is 2.67. The van der Waals surface area contributed by atoms with Gasteiger partial charge in [0, 0.05) is 11.0 Å². The molecule has 3 aromatic carbocycles.